The fourth-order valence-electron chi connectivity index (χ4n) is 1.75. The summed E-state index contributed by atoms with van der Waals surface area (Å²) in [7, 11) is 1.56. The van der Waals surface area contributed by atoms with Gasteiger partial charge in [-0.05, 0) is 30.7 Å². The van der Waals surface area contributed by atoms with E-state index >= 15 is 0 Å². The number of amides is 1. The van der Waals surface area contributed by atoms with Crippen LogP contribution in [0.15, 0.2) is 36.7 Å². The van der Waals surface area contributed by atoms with Crippen molar-refractivity contribution in [2.24, 2.45) is 0 Å². The molecule has 4 nitrogen and oxygen atoms in total. The molecular formula is C14H16N2O2. The fourth-order valence-corrected chi connectivity index (χ4v) is 1.75. The third kappa shape index (κ3) is 2.71. The predicted molar refractivity (Wildman–Crippen MR) is 69.7 cm³/mol. The van der Waals surface area contributed by atoms with E-state index in [0.29, 0.717) is 17.9 Å². The summed E-state index contributed by atoms with van der Waals surface area (Å²) >= 11 is 0. The molecule has 1 heterocycles. The van der Waals surface area contributed by atoms with Crippen molar-refractivity contribution in [3.05, 3.63) is 53.3 Å². The number of aromatic amines is 1. The van der Waals surface area contributed by atoms with Crippen LogP contribution >= 0.6 is 0 Å². The van der Waals surface area contributed by atoms with E-state index in [9.17, 15) is 4.79 Å². The second-order valence-corrected chi connectivity index (χ2v) is 4.11. The number of methoxy groups -OCH3 is 1. The maximum Gasteiger partial charge on any atom is 0.255 e. The van der Waals surface area contributed by atoms with E-state index in [1.807, 2.05) is 37.5 Å². The van der Waals surface area contributed by atoms with E-state index in [0.717, 1.165) is 11.1 Å². The Hall–Kier alpha value is -2.23. The van der Waals surface area contributed by atoms with Crippen molar-refractivity contribution in [3.8, 4) is 5.75 Å². The van der Waals surface area contributed by atoms with Crippen molar-refractivity contribution < 1.29 is 9.53 Å². The molecule has 1 amide bonds. The van der Waals surface area contributed by atoms with Crippen LogP contribution in [0.3, 0.4) is 0 Å². The van der Waals surface area contributed by atoms with Crippen molar-refractivity contribution in [2.75, 3.05) is 7.11 Å². The highest BCUT2D eigenvalue weighted by molar-refractivity contribution is 5.97. The molecule has 0 saturated heterocycles. The number of rotatable bonds is 4. The summed E-state index contributed by atoms with van der Waals surface area (Å²) in [5.74, 6) is 0.462. The lowest BCUT2D eigenvalue weighted by molar-refractivity contribution is 0.0948. The molecule has 0 spiro atoms. The predicted octanol–water partition coefficient (Wildman–Crippen LogP) is 2.26. The molecule has 0 aliphatic heterocycles. The first-order valence-electron chi connectivity index (χ1n) is 5.75. The summed E-state index contributed by atoms with van der Waals surface area (Å²) in [6, 6.07) is 7.47. The lowest BCUT2D eigenvalue weighted by Crippen LogP contribution is -2.23. The van der Waals surface area contributed by atoms with Crippen molar-refractivity contribution in [3.63, 3.8) is 0 Å². The van der Waals surface area contributed by atoms with E-state index in [1.54, 1.807) is 13.2 Å². The van der Waals surface area contributed by atoms with Gasteiger partial charge in [-0.25, -0.2) is 0 Å². The summed E-state index contributed by atoms with van der Waals surface area (Å²) in [5.41, 5.74) is 2.63. The summed E-state index contributed by atoms with van der Waals surface area (Å²) in [6.45, 7) is 2.45. The summed E-state index contributed by atoms with van der Waals surface area (Å²) in [6.07, 6.45) is 3.68. The van der Waals surface area contributed by atoms with Crippen LogP contribution in [0.25, 0.3) is 0 Å². The van der Waals surface area contributed by atoms with E-state index < -0.39 is 0 Å². The minimum atomic E-state index is -0.128. The maximum atomic E-state index is 12.1. The normalized spacial score (nSPS) is 10.1. The molecule has 0 atom stereocenters. The van der Waals surface area contributed by atoms with E-state index in [2.05, 4.69) is 10.3 Å². The number of aryl methyl sites for hydroxylation is 1. The van der Waals surface area contributed by atoms with Gasteiger partial charge in [-0.15, -0.1) is 0 Å². The average Bonchev–Trinajstić information content (AvgIpc) is 2.89. The number of benzene rings is 1. The quantitative estimate of drug-likeness (QED) is 0.866. The molecule has 0 aliphatic carbocycles. The smallest absolute Gasteiger partial charge is 0.255 e. The maximum absolute atomic E-state index is 12.1. The third-order valence-corrected chi connectivity index (χ3v) is 2.72. The Kier molecular flexibility index (Phi) is 3.67. The molecule has 1 aromatic heterocycles. The monoisotopic (exact) mass is 244 g/mol. The molecule has 0 bridgehead atoms. The van der Waals surface area contributed by atoms with Crippen LogP contribution in [0.2, 0.25) is 0 Å². The Morgan fingerprint density at radius 1 is 1.39 bits per heavy atom. The highest BCUT2D eigenvalue weighted by Gasteiger charge is 2.11. The van der Waals surface area contributed by atoms with Crippen molar-refractivity contribution in [1.82, 2.24) is 10.3 Å². The highest BCUT2D eigenvalue weighted by atomic mass is 16.5. The van der Waals surface area contributed by atoms with Crippen molar-refractivity contribution >= 4 is 5.91 Å². The van der Waals surface area contributed by atoms with Gasteiger partial charge in [-0.3, -0.25) is 4.79 Å². The molecule has 2 N–H and O–H groups in total. The molecule has 94 valence electrons. The number of hydrogen-bond acceptors (Lipinski definition) is 2. The van der Waals surface area contributed by atoms with Crippen LogP contribution in [0, 0.1) is 6.92 Å². The van der Waals surface area contributed by atoms with Gasteiger partial charge < -0.3 is 15.0 Å². The van der Waals surface area contributed by atoms with Crippen LogP contribution in [0.4, 0.5) is 0 Å². The highest BCUT2D eigenvalue weighted by Crippen LogP contribution is 2.19. The van der Waals surface area contributed by atoms with Crippen LogP contribution < -0.4 is 10.1 Å². The molecule has 0 fully saturated rings. The molecule has 0 unspecified atom stereocenters. The topological polar surface area (TPSA) is 54.1 Å². The Balaban J connectivity index is 2.10. The Morgan fingerprint density at radius 3 is 2.89 bits per heavy atom. The van der Waals surface area contributed by atoms with Crippen LogP contribution in [0.1, 0.15) is 21.5 Å². The zero-order valence-electron chi connectivity index (χ0n) is 10.5. The zero-order valence-corrected chi connectivity index (χ0v) is 10.5. The standard InChI is InChI=1S/C14H16N2O2/c1-10-3-4-13(18-2)12(7-10)14(17)16-9-11-5-6-15-8-11/h3-8,15H,9H2,1-2H3,(H,16,17). The van der Waals surface area contributed by atoms with Gasteiger partial charge >= 0.3 is 0 Å². The SMILES string of the molecule is COc1ccc(C)cc1C(=O)NCc1cc[nH]c1. The van der Waals surface area contributed by atoms with Gasteiger partial charge in [0.05, 0.1) is 12.7 Å². The number of hydrogen-bond donors (Lipinski definition) is 2. The van der Waals surface area contributed by atoms with Gasteiger partial charge in [0, 0.05) is 18.9 Å². The van der Waals surface area contributed by atoms with Gasteiger partial charge in [0.2, 0.25) is 0 Å². The molecule has 2 rings (SSSR count). The minimum absolute atomic E-state index is 0.128. The van der Waals surface area contributed by atoms with Crippen LogP contribution in [-0.2, 0) is 6.54 Å². The lowest BCUT2D eigenvalue weighted by Gasteiger charge is -2.09. The first-order chi connectivity index (χ1) is 8.70. The van der Waals surface area contributed by atoms with Crippen LogP contribution in [-0.4, -0.2) is 18.0 Å². The molecule has 4 heteroatoms. The second kappa shape index (κ2) is 5.40. The van der Waals surface area contributed by atoms with Gasteiger partial charge in [0.15, 0.2) is 0 Å². The first kappa shape index (κ1) is 12.2. The Morgan fingerprint density at radius 2 is 2.22 bits per heavy atom. The number of nitrogens with one attached hydrogen (secondary N) is 2. The van der Waals surface area contributed by atoms with E-state index in [4.69, 9.17) is 4.74 Å². The molecule has 0 saturated carbocycles. The molecule has 18 heavy (non-hydrogen) atoms. The van der Waals surface area contributed by atoms with Gasteiger partial charge in [-0.2, -0.15) is 0 Å². The molecule has 0 aliphatic rings. The number of H-pyrrole nitrogens is 1. The van der Waals surface area contributed by atoms with E-state index in [-0.39, 0.29) is 5.91 Å². The Bertz CT molecular complexity index is 533. The largest absolute Gasteiger partial charge is 0.496 e. The summed E-state index contributed by atoms with van der Waals surface area (Å²) in [4.78, 5) is 15.0. The van der Waals surface area contributed by atoms with Crippen molar-refractivity contribution in [2.45, 2.75) is 13.5 Å². The van der Waals surface area contributed by atoms with Gasteiger partial charge in [-0.1, -0.05) is 11.6 Å². The van der Waals surface area contributed by atoms with E-state index in [1.165, 1.54) is 0 Å². The fraction of sp³-hybridized carbons (Fsp3) is 0.214. The zero-order chi connectivity index (χ0) is 13.0. The number of carbonyl (C=O) groups excluding carboxylic acids is 1. The van der Waals surface area contributed by atoms with Crippen molar-refractivity contribution in [1.29, 1.82) is 0 Å². The molecular weight excluding hydrogens is 228 g/mol. The number of carbonyl (C=O) groups is 1. The Labute approximate surface area is 106 Å². The van der Waals surface area contributed by atoms with Gasteiger partial charge in [0.1, 0.15) is 5.75 Å². The number of ether oxygens (including phenoxy) is 1. The minimum Gasteiger partial charge on any atom is -0.496 e. The second-order valence-electron chi connectivity index (χ2n) is 4.11. The third-order valence-electron chi connectivity index (χ3n) is 2.72. The average molecular weight is 244 g/mol. The molecule has 1 aromatic carbocycles. The molecule has 0 radical (unpaired) electrons. The van der Waals surface area contributed by atoms with Gasteiger partial charge in [0.25, 0.3) is 5.91 Å². The first-order valence-corrected chi connectivity index (χ1v) is 5.75. The van der Waals surface area contributed by atoms with Crippen LogP contribution in [0.5, 0.6) is 5.75 Å². The lowest BCUT2D eigenvalue weighted by atomic mass is 10.1. The summed E-state index contributed by atoms with van der Waals surface area (Å²) < 4.78 is 5.19. The number of aromatic nitrogens is 1. The molecule has 2 aromatic rings. The summed E-state index contributed by atoms with van der Waals surface area (Å²) in [5, 5.41) is 2.86.